The Morgan fingerprint density at radius 1 is 1.32 bits per heavy atom. The number of nitrogens with one attached hydrogen (secondary N) is 1. The molecule has 0 aliphatic rings. The van der Waals surface area contributed by atoms with Crippen molar-refractivity contribution in [3.63, 3.8) is 0 Å². The minimum Gasteiger partial charge on any atom is -0.327 e. The van der Waals surface area contributed by atoms with E-state index in [2.05, 4.69) is 5.32 Å². The first-order chi connectivity index (χ1) is 8.41. The second kappa shape index (κ2) is 8.35. The molecule has 0 aliphatic carbocycles. The van der Waals surface area contributed by atoms with Crippen LogP contribution in [-0.4, -0.2) is 17.7 Å². The predicted molar refractivity (Wildman–Crippen MR) is 77.0 cm³/mol. The van der Waals surface area contributed by atoms with Crippen LogP contribution in [0.4, 0.5) is 14.5 Å². The zero-order chi connectivity index (χ0) is 13.7. The largest absolute Gasteiger partial charge is 0.327 e. The molecule has 3 nitrogen and oxygen atoms in total. The van der Waals surface area contributed by atoms with Crippen molar-refractivity contribution in [2.24, 2.45) is 11.7 Å². The molecule has 0 bridgehead atoms. The smallest absolute Gasteiger partial charge is 0.288 e. The third-order valence-electron chi connectivity index (χ3n) is 2.56. The summed E-state index contributed by atoms with van der Waals surface area (Å²) in [5, 5.41) is 2.62. The molecule has 19 heavy (non-hydrogen) atoms. The van der Waals surface area contributed by atoms with E-state index in [9.17, 15) is 13.6 Å². The molecular formula is C12H17ClF2N2OS. The highest BCUT2D eigenvalue weighted by atomic mass is 35.5. The van der Waals surface area contributed by atoms with Gasteiger partial charge >= 0.3 is 0 Å². The number of carbonyl (C=O) groups excluding carboxylic acids is 1. The number of carbonyl (C=O) groups is 1. The fourth-order valence-electron chi connectivity index (χ4n) is 1.25. The van der Waals surface area contributed by atoms with Gasteiger partial charge in [-0.25, -0.2) is 0 Å². The SMILES string of the molecule is CC(N)C(C)C(=O)Nc1ccccc1SC(F)F.Cl. The van der Waals surface area contributed by atoms with E-state index in [0.717, 1.165) is 0 Å². The number of halogens is 3. The zero-order valence-corrected chi connectivity index (χ0v) is 12.2. The van der Waals surface area contributed by atoms with E-state index in [1.807, 2.05) is 0 Å². The topological polar surface area (TPSA) is 55.1 Å². The Bertz CT molecular complexity index is 418. The second-order valence-corrected chi connectivity index (χ2v) is 5.04. The maximum Gasteiger partial charge on any atom is 0.288 e. The van der Waals surface area contributed by atoms with Gasteiger partial charge in [-0.3, -0.25) is 4.79 Å². The van der Waals surface area contributed by atoms with Gasteiger partial charge in [-0.2, -0.15) is 8.78 Å². The summed E-state index contributed by atoms with van der Waals surface area (Å²) in [6.07, 6.45) is 0. The lowest BCUT2D eigenvalue weighted by molar-refractivity contribution is -0.119. The van der Waals surface area contributed by atoms with Crippen LogP contribution >= 0.6 is 24.2 Å². The van der Waals surface area contributed by atoms with Crippen molar-refractivity contribution in [2.75, 3.05) is 5.32 Å². The Balaban J connectivity index is 0.00000324. The molecule has 0 saturated carbocycles. The standard InChI is InChI=1S/C12H16F2N2OS.ClH/c1-7(8(2)15)11(17)16-9-5-3-4-6-10(9)18-12(13)14;/h3-8,12H,15H2,1-2H3,(H,16,17);1H. The predicted octanol–water partition coefficient (Wildman–Crippen LogP) is 3.34. The van der Waals surface area contributed by atoms with Crippen LogP contribution in [0.3, 0.4) is 0 Å². The van der Waals surface area contributed by atoms with Gasteiger partial charge in [0, 0.05) is 10.9 Å². The molecule has 108 valence electrons. The van der Waals surface area contributed by atoms with Crippen molar-refractivity contribution < 1.29 is 13.6 Å². The number of thioether (sulfide) groups is 1. The quantitative estimate of drug-likeness (QED) is 0.820. The van der Waals surface area contributed by atoms with E-state index >= 15 is 0 Å². The van der Waals surface area contributed by atoms with Crippen molar-refractivity contribution in [3.8, 4) is 0 Å². The summed E-state index contributed by atoms with van der Waals surface area (Å²) in [7, 11) is 0. The lowest BCUT2D eigenvalue weighted by Gasteiger charge is -2.16. The van der Waals surface area contributed by atoms with Gasteiger partial charge in [-0.15, -0.1) is 12.4 Å². The Morgan fingerprint density at radius 2 is 1.89 bits per heavy atom. The minimum absolute atomic E-state index is 0. The van der Waals surface area contributed by atoms with Gasteiger partial charge in [0.05, 0.1) is 11.6 Å². The third kappa shape index (κ3) is 5.76. The van der Waals surface area contributed by atoms with Crippen LogP contribution < -0.4 is 11.1 Å². The van der Waals surface area contributed by atoms with Gasteiger partial charge in [-0.1, -0.05) is 30.8 Å². The Labute approximate surface area is 121 Å². The third-order valence-corrected chi connectivity index (χ3v) is 3.35. The maximum atomic E-state index is 12.4. The van der Waals surface area contributed by atoms with Crippen LogP contribution in [0.15, 0.2) is 29.2 Å². The molecule has 1 aromatic rings. The zero-order valence-electron chi connectivity index (χ0n) is 10.6. The molecule has 3 N–H and O–H groups in total. The lowest BCUT2D eigenvalue weighted by Crippen LogP contribution is -2.34. The minimum atomic E-state index is -2.52. The van der Waals surface area contributed by atoms with Crippen LogP contribution in [0.5, 0.6) is 0 Å². The fourth-order valence-corrected chi connectivity index (χ4v) is 1.85. The van der Waals surface area contributed by atoms with Gasteiger partial charge in [0.2, 0.25) is 5.91 Å². The van der Waals surface area contributed by atoms with E-state index in [1.54, 1.807) is 38.1 Å². The number of para-hydroxylation sites is 1. The van der Waals surface area contributed by atoms with Gasteiger partial charge in [0.1, 0.15) is 0 Å². The van der Waals surface area contributed by atoms with Gasteiger partial charge in [0.25, 0.3) is 5.76 Å². The molecular weight excluding hydrogens is 294 g/mol. The van der Waals surface area contributed by atoms with Gasteiger partial charge < -0.3 is 11.1 Å². The Kier molecular flexibility index (Phi) is 7.97. The van der Waals surface area contributed by atoms with E-state index < -0.39 is 5.76 Å². The average Bonchev–Trinajstić information content (AvgIpc) is 2.29. The number of rotatable bonds is 5. The molecule has 0 spiro atoms. The van der Waals surface area contributed by atoms with Crippen LogP contribution in [0.1, 0.15) is 13.8 Å². The van der Waals surface area contributed by atoms with Crippen molar-refractivity contribution >= 4 is 35.8 Å². The molecule has 7 heteroatoms. The van der Waals surface area contributed by atoms with Crippen LogP contribution in [-0.2, 0) is 4.79 Å². The first-order valence-corrected chi connectivity index (χ1v) is 6.40. The summed E-state index contributed by atoms with van der Waals surface area (Å²) in [5.74, 6) is -3.17. The van der Waals surface area contributed by atoms with Crippen LogP contribution in [0.25, 0.3) is 0 Å². The molecule has 0 saturated heterocycles. The van der Waals surface area contributed by atoms with Crippen molar-refractivity contribution in [1.29, 1.82) is 0 Å². The molecule has 0 heterocycles. The fraction of sp³-hybridized carbons (Fsp3) is 0.417. The van der Waals surface area contributed by atoms with Crippen LogP contribution in [0.2, 0.25) is 0 Å². The van der Waals surface area contributed by atoms with E-state index in [0.29, 0.717) is 22.3 Å². The van der Waals surface area contributed by atoms with E-state index in [1.165, 1.54) is 0 Å². The first-order valence-electron chi connectivity index (χ1n) is 5.52. The Morgan fingerprint density at radius 3 is 2.42 bits per heavy atom. The lowest BCUT2D eigenvalue weighted by atomic mass is 10.0. The Hall–Kier alpha value is -0.850. The molecule has 2 unspecified atom stereocenters. The number of hydrogen-bond donors (Lipinski definition) is 2. The molecule has 1 rings (SSSR count). The maximum absolute atomic E-state index is 12.4. The molecule has 0 fully saturated rings. The summed E-state index contributed by atoms with van der Waals surface area (Å²) in [5.41, 5.74) is 6.01. The molecule has 0 aromatic heterocycles. The van der Waals surface area contributed by atoms with Crippen LogP contribution in [0, 0.1) is 5.92 Å². The number of nitrogens with two attached hydrogens (primary N) is 1. The normalized spacial score (nSPS) is 13.6. The van der Waals surface area contributed by atoms with Crippen molar-refractivity contribution in [2.45, 2.75) is 30.5 Å². The molecule has 1 amide bonds. The van der Waals surface area contributed by atoms with Crippen molar-refractivity contribution in [3.05, 3.63) is 24.3 Å². The summed E-state index contributed by atoms with van der Waals surface area (Å²) in [6.45, 7) is 3.42. The van der Waals surface area contributed by atoms with Crippen molar-refractivity contribution in [1.82, 2.24) is 0 Å². The number of benzene rings is 1. The van der Waals surface area contributed by atoms with E-state index in [-0.39, 0.29) is 30.3 Å². The molecule has 0 radical (unpaired) electrons. The number of amides is 1. The summed E-state index contributed by atoms with van der Waals surface area (Å²) < 4.78 is 24.7. The number of anilines is 1. The second-order valence-electron chi connectivity index (χ2n) is 4.01. The summed E-state index contributed by atoms with van der Waals surface area (Å²) in [4.78, 5) is 12.1. The highest BCUT2D eigenvalue weighted by Crippen LogP contribution is 2.31. The monoisotopic (exact) mass is 310 g/mol. The first kappa shape index (κ1) is 18.1. The summed E-state index contributed by atoms with van der Waals surface area (Å²) in [6, 6.07) is 6.18. The molecule has 0 aliphatic heterocycles. The van der Waals surface area contributed by atoms with E-state index in [4.69, 9.17) is 5.73 Å². The number of alkyl halides is 2. The summed E-state index contributed by atoms with van der Waals surface area (Å²) >= 11 is 0.408. The van der Waals surface area contributed by atoms with Gasteiger partial charge in [-0.05, 0) is 19.1 Å². The molecule has 2 atom stereocenters. The highest BCUT2D eigenvalue weighted by molar-refractivity contribution is 7.99. The molecule has 1 aromatic carbocycles. The number of hydrogen-bond acceptors (Lipinski definition) is 3. The average molecular weight is 311 g/mol. The van der Waals surface area contributed by atoms with Gasteiger partial charge in [0.15, 0.2) is 0 Å². The highest BCUT2D eigenvalue weighted by Gasteiger charge is 2.18.